The molecule has 2 heterocycles. The third kappa shape index (κ3) is 2.41. The van der Waals surface area contributed by atoms with Crippen molar-refractivity contribution in [3.63, 3.8) is 0 Å². The monoisotopic (exact) mass is 293 g/mol. The molecule has 9 nitrogen and oxygen atoms in total. The molecule has 1 fully saturated rings. The van der Waals surface area contributed by atoms with Crippen LogP contribution in [0.2, 0.25) is 0 Å². The summed E-state index contributed by atoms with van der Waals surface area (Å²) in [6.45, 7) is 2.34. The molecule has 112 valence electrons. The van der Waals surface area contributed by atoms with Crippen molar-refractivity contribution in [3.05, 3.63) is 22.2 Å². The van der Waals surface area contributed by atoms with Crippen molar-refractivity contribution in [2.24, 2.45) is 0 Å². The summed E-state index contributed by atoms with van der Waals surface area (Å²) in [5.41, 5.74) is 1.16. The maximum Gasteiger partial charge on any atom is 0.300 e. The molecule has 1 atom stereocenters. The van der Waals surface area contributed by atoms with E-state index >= 15 is 0 Å². The number of piperazine rings is 1. The zero-order valence-corrected chi connectivity index (χ0v) is 11.2. The first-order chi connectivity index (χ1) is 10.2. The van der Waals surface area contributed by atoms with Crippen LogP contribution in [0.5, 0.6) is 0 Å². The molecule has 1 unspecified atom stereocenters. The Kier molecular flexibility index (Phi) is 3.67. The predicted molar refractivity (Wildman–Crippen MR) is 74.2 cm³/mol. The van der Waals surface area contributed by atoms with Gasteiger partial charge in [-0.1, -0.05) is 0 Å². The van der Waals surface area contributed by atoms with Crippen LogP contribution < -0.4 is 10.2 Å². The number of nitrogens with one attached hydrogen (secondary N) is 1. The maximum atomic E-state index is 11.0. The highest BCUT2D eigenvalue weighted by Gasteiger charge is 2.27. The minimum absolute atomic E-state index is 0.0794. The third-order valence-corrected chi connectivity index (χ3v) is 3.69. The van der Waals surface area contributed by atoms with E-state index in [1.807, 2.05) is 0 Å². The van der Waals surface area contributed by atoms with Gasteiger partial charge in [-0.25, -0.2) is 4.63 Å². The summed E-state index contributed by atoms with van der Waals surface area (Å²) in [7, 11) is 0. The summed E-state index contributed by atoms with van der Waals surface area (Å²) in [5, 5.41) is 30.9. The van der Waals surface area contributed by atoms with Gasteiger partial charge in [0.15, 0.2) is 5.52 Å². The van der Waals surface area contributed by atoms with Crippen LogP contribution in [0.25, 0.3) is 11.0 Å². The van der Waals surface area contributed by atoms with Crippen LogP contribution in [-0.2, 0) is 0 Å². The number of benzene rings is 1. The highest BCUT2D eigenvalue weighted by atomic mass is 16.6. The molecule has 2 aromatic rings. The molecule has 0 bridgehead atoms. The average molecular weight is 293 g/mol. The Morgan fingerprint density at radius 1 is 1.48 bits per heavy atom. The topological polar surface area (TPSA) is 118 Å². The number of aliphatic hydroxyl groups excluding tert-OH is 1. The lowest BCUT2D eigenvalue weighted by Crippen LogP contribution is -2.51. The second-order valence-corrected chi connectivity index (χ2v) is 4.89. The fraction of sp³-hybridized carbons (Fsp3) is 0.500. The summed E-state index contributed by atoms with van der Waals surface area (Å²) in [6.07, 6.45) is 0.608. The molecule has 0 saturated carbocycles. The van der Waals surface area contributed by atoms with Gasteiger partial charge in [-0.3, -0.25) is 10.1 Å². The van der Waals surface area contributed by atoms with Gasteiger partial charge in [0, 0.05) is 38.3 Å². The number of nitrogens with zero attached hydrogens (tertiary/aromatic N) is 4. The van der Waals surface area contributed by atoms with E-state index in [-0.39, 0.29) is 23.9 Å². The first-order valence-corrected chi connectivity index (χ1v) is 6.70. The molecule has 0 spiro atoms. The van der Waals surface area contributed by atoms with Crippen molar-refractivity contribution in [1.82, 2.24) is 15.6 Å². The standard InChI is InChI=1S/C12H15N5O4/c18-6-3-8-7-13-4-5-16(8)9-1-2-10(17(19)20)12-11(9)14-21-15-12/h1-2,8,13,18H,3-7H2. The van der Waals surface area contributed by atoms with Crippen LogP contribution in [0, 0.1) is 10.1 Å². The molecule has 1 aromatic carbocycles. The molecule has 1 aliphatic rings. The highest BCUT2D eigenvalue weighted by Crippen LogP contribution is 2.32. The first kappa shape index (κ1) is 13.7. The zero-order valence-electron chi connectivity index (χ0n) is 11.2. The van der Waals surface area contributed by atoms with E-state index in [1.165, 1.54) is 6.07 Å². The van der Waals surface area contributed by atoms with Gasteiger partial charge in [0.1, 0.15) is 0 Å². The highest BCUT2D eigenvalue weighted by molar-refractivity contribution is 5.94. The summed E-state index contributed by atoms with van der Waals surface area (Å²) in [4.78, 5) is 12.6. The van der Waals surface area contributed by atoms with Crippen LogP contribution in [0.15, 0.2) is 16.8 Å². The molecule has 3 rings (SSSR count). The zero-order chi connectivity index (χ0) is 14.8. The van der Waals surface area contributed by atoms with Gasteiger partial charge >= 0.3 is 5.69 Å². The Balaban J connectivity index is 2.05. The van der Waals surface area contributed by atoms with E-state index in [1.54, 1.807) is 6.07 Å². The van der Waals surface area contributed by atoms with E-state index in [0.29, 0.717) is 11.9 Å². The summed E-state index contributed by atoms with van der Waals surface area (Å²) >= 11 is 0. The fourth-order valence-corrected chi connectivity index (χ4v) is 2.70. The van der Waals surface area contributed by atoms with E-state index < -0.39 is 4.92 Å². The molecule has 0 amide bonds. The fourth-order valence-electron chi connectivity index (χ4n) is 2.70. The lowest BCUT2D eigenvalue weighted by molar-refractivity contribution is -0.383. The normalized spacial score (nSPS) is 19.1. The maximum absolute atomic E-state index is 11.0. The number of anilines is 1. The van der Waals surface area contributed by atoms with Crippen molar-refractivity contribution in [1.29, 1.82) is 0 Å². The molecule has 1 aromatic heterocycles. The number of nitro groups is 1. The first-order valence-electron chi connectivity index (χ1n) is 6.70. The van der Waals surface area contributed by atoms with Crippen molar-refractivity contribution in [2.45, 2.75) is 12.5 Å². The van der Waals surface area contributed by atoms with E-state index in [0.717, 1.165) is 25.3 Å². The van der Waals surface area contributed by atoms with Gasteiger partial charge in [0.25, 0.3) is 0 Å². The number of aliphatic hydroxyl groups is 1. The van der Waals surface area contributed by atoms with E-state index in [9.17, 15) is 15.2 Å². The van der Waals surface area contributed by atoms with Crippen molar-refractivity contribution >= 4 is 22.4 Å². The van der Waals surface area contributed by atoms with Crippen LogP contribution in [0.4, 0.5) is 11.4 Å². The molecular formula is C12H15N5O4. The van der Waals surface area contributed by atoms with E-state index in [2.05, 4.69) is 25.2 Å². The molecule has 1 saturated heterocycles. The minimum Gasteiger partial charge on any atom is -0.396 e. The SMILES string of the molecule is O=[N+]([O-])c1ccc(N2CCNCC2CCO)c2nonc12. The van der Waals surface area contributed by atoms with Crippen LogP contribution >= 0.6 is 0 Å². The lowest BCUT2D eigenvalue weighted by Gasteiger charge is -2.37. The molecule has 21 heavy (non-hydrogen) atoms. The number of non-ortho nitro benzene ring substituents is 1. The third-order valence-electron chi connectivity index (χ3n) is 3.69. The largest absolute Gasteiger partial charge is 0.396 e. The number of hydrogen-bond acceptors (Lipinski definition) is 8. The Morgan fingerprint density at radius 3 is 3.05 bits per heavy atom. The van der Waals surface area contributed by atoms with Crippen LogP contribution in [0.3, 0.4) is 0 Å². The smallest absolute Gasteiger partial charge is 0.300 e. The molecule has 2 N–H and O–H groups in total. The number of fused-ring (bicyclic) bond motifs is 1. The number of hydrogen-bond donors (Lipinski definition) is 2. The molecule has 9 heteroatoms. The molecule has 0 radical (unpaired) electrons. The Hall–Kier alpha value is -2.26. The van der Waals surface area contributed by atoms with Crippen molar-refractivity contribution in [2.75, 3.05) is 31.1 Å². The van der Waals surface area contributed by atoms with E-state index in [4.69, 9.17) is 0 Å². The average Bonchev–Trinajstić information content (AvgIpc) is 2.96. The predicted octanol–water partition coefficient (Wildman–Crippen LogP) is 0.292. The van der Waals surface area contributed by atoms with Crippen molar-refractivity contribution < 1.29 is 14.7 Å². The summed E-state index contributed by atoms with van der Waals surface area (Å²) in [5.74, 6) is 0. The van der Waals surface area contributed by atoms with Crippen molar-refractivity contribution in [3.8, 4) is 0 Å². The van der Waals surface area contributed by atoms with Gasteiger partial charge in [-0.2, -0.15) is 0 Å². The Morgan fingerprint density at radius 2 is 2.29 bits per heavy atom. The molecule has 1 aliphatic heterocycles. The Bertz CT molecular complexity index is 656. The quantitative estimate of drug-likeness (QED) is 0.610. The second kappa shape index (κ2) is 5.62. The number of nitro benzene ring substituents is 1. The lowest BCUT2D eigenvalue weighted by atomic mass is 10.1. The molecular weight excluding hydrogens is 278 g/mol. The van der Waals surface area contributed by atoms with Gasteiger partial charge < -0.3 is 15.3 Å². The molecule has 0 aliphatic carbocycles. The van der Waals surface area contributed by atoms with Crippen LogP contribution in [-0.4, -0.2) is 52.6 Å². The number of aromatic nitrogens is 2. The summed E-state index contributed by atoms with van der Waals surface area (Å²) < 4.78 is 4.69. The Labute approximate surface area is 119 Å². The van der Waals surface area contributed by atoms with Gasteiger partial charge in [0.2, 0.25) is 5.52 Å². The summed E-state index contributed by atoms with van der Waals surface area (Å²) in [6, 6.07) is 3.19. The van der Waals surface area contributed by atoms with Gasteiger partial charge in [-0.15, -0.1) is 0 Å². The second-order valence-electron chi connectivity index (χ2n) is 4.89. The number of rotatable bonds is 4. The van der Waals surface area contributed by atoms with Crippen LogP contribution in [0.1, 0.15) is 6.42 Å². The van der Waals surface area contributed by atoms with Gasteiger partial charge in [-0.05, 0) is 22.8 Å². The minimum atomic E-state index is -0.501. The van der Waals surface area contributed by atoms with Gasteiger partial charge in [0.05, 0.1) is 10.6 Å².